The summed E-state index contributed by atoms with van der Waals surface area (Å²) in [6, 6.07) is 10.5. The molecule has 1 aromatic rings. The summed E-state index contributed by atoms with van der Waals surface area (Å²) >= 11 is 0. The number of cyclic esters (lactones) is 1. The molecule has 0 N–H and O–H groups in total. The lowest BCUT2D eigenvalue weighted by molar-refractivity contribution is -0.142. The zero-order valence-corrected chi connectivity index (χ0v) is 11.3. The molecule has 0 bridgehead atoms. The molecule has 0 aliphatic carbocycles. The van der Waals surface area contributed by atoms with Crippen LogP contribution in [0.1, 0.15) is 38.7 Å². The van der Waals surface area contributed by atoms with Crippen molar-refractivity contribution in [2.45, 2.75) is 39.5 Å². The van der Waals surface area contributed by atoms with Crippen molar-refractivity contribution >= 4 is 5.97 Å². The number of carbonyl (C=O) groups excluding carboxylic acids is 1. The lowest BCUT2D eigenvalue weighted by Crippen LogP contribution is -2.20. The maximum absolute atomic E-state index is 11.5. The van der Waals surface area contributed by atoms with Crippen LogP contribution in [0.3, 0.4) is 0 Å². The van der Waals surface area contributed by atoms with Crippen molar-refractivity contribution < 1.29 is 9.53 Å². The molecule has 1 aromatic carbocycles. The predicted molar refractivity (Wildman–Crippen MR) is 72.2 cm³/mol. The third kappa shape index (κ3) is 3.59. The van der Waals surface area contributed by atoms with Crippen LogP contribution in [0.15, 0.2) is 30.3 Å². The van der Waals surface area contributed by atoms with Crippen LogP contribution in [-0.2, 0) is 16.0 Å². The average molecular weight is 246 g/mol. The van der Waals surface area contributed by atoms with E-state index in [1.54, 1.807) is 0 Å². The zero-order chi connectivity index (χ0) is 13.0. The molecule has 1 saturated heterocycles. The van der Waals surface area contributed by atoms with Gasteiger partial charge in [-0.3, -0.25) is 4.79 Å². The van der Waals surface area contributed by atoms with Gasteiger partial charge in [0.05, 0.1) is 12.5 Å². The largest absolute Gasteiger partial charge is 0.465 e. The first-order valence-corrected chi connectivity index (χ1v) is 6.77. The van der Waals surface area contributed by atoms with Crippen molar-refractivity contribution in [3.63, 3.8) is 0 Å². The molecule has 1 unspecified atom stereocenters. The Morgan fingerprint density at radius 1 is 1.28 bits per heavy atom. The molecular weight excluding hydrogens is 224 g/mol. The van der Waals surface area contributed by atoms with Gasteiger partial charge in [0.2, 0.25) is 0 Å². The van der Waals surface area contributed by atoms with Gasteiger partial charge in [0.1, 0.15) is 0 Å². The van der Waals surface area contributed by atoms with Gasteiger partial charge in [0, 0.05) is 0 Å². The summed E-state index contributed by atoms with van der Waals surface area (Å²) in [5.74, 6) is 0.124. The van der Waals surface area contributed by atoms with Crippen LogP contribution in [0.25, 0.3) is 0 Å². The summed E-state index contributed by atoms with van der Waals surface area (Å²) in [5, 5.41) is 0. The Morgan fingerprint density at radius 3 is 2.61 bits per heavy atom. The van der Waals surface area contributed by atoms with E-state index in [1.807, 2.05) is 6.07 Å². The monoisotopic (exact) mass is 246 g/mol. The molecule has 1 atom stereocenters. The standard InChI is InChI=1S/C16H22O2/c1-16(2,12-14-9-11-18-15(14)17)10-8-13-6-4-3-5-7-13/h3-7,14H,8-12H2,1-2H3. The van der Waals surface area contributed by atoms with Crippen LogP contribution in [0.4, 0.5) is 0 Å². The predicted octanol–water partition coefficient (Wildman–Crippen LogP) is 3.60. The smallest absolute Gasteiger partial charge is 0.309 e. The van der Waals surface area contributed by atoms with Gasteiger partial charge < -0.3 is 4.74 Å². The van der Waals surface area contributed by atoms with Crippen molar-refractivity contribution in [2.24, 2.45) is 11.3 Å². The molecule has 2 rings (SSSR count). The molecule has 18 heavy (non-hydrogen) atoms. The van der Waals surface area contributed by atoms with Gasteiger partial charge in [0.25, 0.3) is 0 Å². The molecule has 1 fully saturated rings. The molecule has 98 valence electrons. The second kappa shape index (κ2) is 5.55. The summed E-state index contributed by atoms with van der Waals surface area (Å²) in [6.07, 6.45) is 4.03. The highest BCUT2D eigenvalue weighted by Gasteiger charge is 2.32. The number of rotatable bonds is 5. The van der Waals surface area contributed by atoms with E-state index < -0.39 is 0 Å². The SMILES string of the molecule is CC(C)(CCc1ccccc1)CC1CCOC1=O. The minimum absolute atomic E-state index is 0.00258. The first-order valence-electron chi connectivity index (χ1n) is 6.77. The number of aryl methyl sites for hydroxylation is 1. The van der Waals surface area contributed by atoms with E-state index in [0.29, 0.717) is 6.61 Å². The van der Waals surface area contributed by atoms with Crippen LogP contribution in [0.5, 0.6) is 0 Å². The lowest BCUT2D eigenvalue weighted by atomic mass is 9.78. The maximum atomic E-state index is 11.5. The lowest BCUT2D eigenvalue weighted by Gasteiger charge is -2.26. The number of benzene rings is 1. The van der Waals surface area contributed by atoms with E-state index in [0.717, 1.165) is 25.7 Å². The van der Waals surface area contributed by atoms with E-state index in [4.69, 9.17) is 4.74 Å². The van der Waals surface area contributed by atoms with Crippen LogP contribution < -0.4 is 0 Å². The molecular formula is C16H22O2. The number of ether oxygens (including phenoxy) is 1. The van der Waals surface area contributed by atoms with Gasteiger partial charge in [-0.15, -0.1) is 0 Å². The van der Waals surface area contributed by atoms with Crippen molar-refractivity contribution in [1.82, 2.24) is 0 Å². The Bertz CT molecular complexity index is 395. The summed E-state index contributed by atoms with van der Waals surface area (Å²) in [7, 11) is 0. The first-order chi connectivity index (χ1) is 8.57. The van der Waals surface area contributed by atoms with Crippen LogP contribution in [-0.4, -0.2) is 12.6 Å². The number of esters is 1. The van der Waals surface area contributed by atoms with Gasteiger partial charge in [-0.05, 0) is 36.7 Å². The van der Waals surface area contributed by atoms with E-state index in [2.05, 4.69) is 38.1 Å². The fourth-order valence-corrected chi connectivity index (χ4v) is 2.62. The Labute approximate surface area is 109 Å². The van der Waals surface area contributed by atoms with Crippen molar-refractivity contribution in [1.29, 1.82) is 0 Å². The highest BCUT2D eigenvalue weighted by Crippen LogP contribution is 2.34. The van der Waals surface area contributed by atoms with E-state index in [-0.39, 0.29) is 17.3 Å². The molecule has 1 aliphatic rings. The van der Waals surface area contributed by atoms with Gasteiger partial charge >= 0.3 is 5.97 Å². The molecule has 0 aromatic heterocycles. The molecule has 2 nitrogen and oxygen atoms in total. The molecule has 0 spiro atoms. The summed E-state index contributed by atoms with van der Waals surface area (Å²) < 4.78 is 5.04. The second-order valence-electron chi connectivity index (χ2n) is 6.01. The van der Waals surface area contributed by atoms with Gasteiger partial charge in [-0.1, -0.05) is 44.2 Å². The summed E-state index contributed by atoms with van der Waals surface area (Å²) in [5.41, 5.74) is 1.57. The van der Waals surface area contributed by atoms with E-state index in [9.17, 15) is 4.79 Å². The molecule has 2 heteroatoms. The Hall–Kier alpha value is -1.31. The molecule has 0 radical (unpaired) electrons. The highest BCUT2D eigenvalue weighted by molar-refractivity contribution is 5.74. The van der Waals surface area contributed by atoms with Gasteiger partial charge in [0.15, 0.2) is 0 Å². The third-order valence-corrected chi connectivity index (χ3v) is 3.78. The van der Waals surface area contributed by atoms with Crippen molar-refractivity contribution in [3.05, 3.63) is 35.9 Å². The van der Waals surface area contributed by atoms with Crippen LogP contribution >= 0.6 is 0 Å². The minimum atomic E-state index is 0.00258. The quantitative estimate of drug-likeness (QED) is 0.742. The first kappa shape index (κ1) is 13.1. The van der Waals surface area contributed by atoms with E-state index >= 15 is 0 Å². The van der Waals surface area contributed by atoms with Crippen molar-refractivity contribution in [2.75, 3.05) is 6.61 Å². The Morgan fingerprint density at radius 2 is 2.00 bits per heavy atom. The molecule has 1 aliphatic heterocycles. The van der Waals surface area contributed by atoms with Gasteiger partial charge in [-0.25, -0.2) is 0 Å². The Balaban J connectivity index is 1.85. The topological polar surface area (TPSA) is 26.3 Å². The van der Waals surface area contributed by atoms with Crippen molar-refractivity contribution in [3.8, 4) is 0 Å². The summed E-state index contributed by atoms with van der Waals surface area (Å²) in [4.78, 5) is 11.5. The highest BCUT2D eigenvalue weighted by atomic mass is 16.5. The molecule has 0 saturated carbocycles. The second-order valence-corrected chi connectivity index (χ2v) is 6.01. The normalized spacial score (nSPS) is 19.9. The fourth-order valence-electron chi connectivity index (χ4n) is 2.62. The minimum Gasteiger partial charge on any atom is -0.465 e. The fraction of sp³-hybridized carbons (Fsp3) is 0.562. The van der Waals surface area contributed by atoms with E-state index in [1.165, 1.54) is 5.56 Å². The average Bonchev–Trinajstić information content (AvgIpc) is 2.73. The number of hydrogen-bond donors (Lipinski definition) is 0. The zero-order valence-electron chi connectivity index (χ0n) is 11.3. The molecule has 0 amide bonds. The van der Waals surface area contributed by atoms with Gasteiger partial charge in [-0.2, -0.15) is 0 Å². The molecule has 1 heterocycles. The maximum Gasteiger partial charge on any atom is 0.309 e. The van der Waals surface area contributed by atoms with Crippen LogP contribution in [0.2, 0.25) is 0 Å². The summed E-state index contributed by atoms with van der Waals surface area (Å²) in [6.45, 7) is 5.11. The number of hydrogen-bond acceptors (Lipinski definition) is 2. The number of carbonyl (C=O) groups is 1. The van der Waals surface area contributed by atoms with Crippen LogP contribution in [0, 0.1) is 11.3 Å². The third-order valence-electron chi connectivity index (χ3n) is 3.78. The Kier molecular flexibility index (Phi) is 4.05.